The molecule has 0 atom stereocenters. The number of carbonyl (C=O) groups excluding carboxylic acids is 1. The van der Waals surface area contributed by atoms with Gasteiger partial charge in [-0.05, 0) is 18.1 Å². The van der Waals surface area contributed by atoms with Crippen LogP contribution in [0.2, 0.25) is 0 Å². The van der Waals surface area contributed by atoms with Crippen LogP contribution in [0, 0.1) is 0 Å². The average Bonchev–Trinajstić information content (AvgIpc) is 2.95. The van der Waals surface area contributed by atoms with Crippen LogP contribution in [-0.4, -0.2) is 25.0 Å². The number of rotatable bonds is 1. The Bertz CT molecular complexity index is 450. The molecule has 1 fully saturated rings. The predicted molar refractivity (Wildman–Crippen MR) is 57.5 cm³/mol. The molecule has 0 saturated carbocycles. The molecule has 2 aliphatic rings. The van der Waals surface area contributed by atoms with E-state index in [1.807, 2.05) is 0 Å². The van der Waals surface area contributed by atoms with Gasteiger partial charge in [0.15, 0.2) is 5.79 Å². The fraction of sp³-hybridized carbons (Fsp3) is 0.545. The van der Waals surface area contributed by atoms with Gasteiger partial charge >= 0.3 is 5.97 Å². The van der Waals surface area contributed by atoms with Crippen molar-refractivity contribution in [2.45, 2.75) is 25.0 Å². The smallest absolute Gasteiger partial charge is 0.347 e. The highest BCUT2D eigenvalue weighted by molar-refractivity contribution is 7.14. The molecule has 0 aromatic carbocycles. The van der Waals surface area contributed by atoms with Gasteiger partial charge < -0.3 is 9.47 Å². The van der Waals surface area contributed by atoms with E-state index < -0.39 is 11.8 Å². The lowest BCUT2D eigenvalue weighted by atomic mass is 9.93. The molecule has 0 N–H and O–H groups in total. The zero-order valence-corrected chi connectivity index (χ0v) is 9.85. The van der Waals surface area contributed by atoms with Gasteiger partial charge in [0, 0.05) is 22.2 Å². The number of ether oxygens (including phenoxy) is 2. The van der Waals surface area contributed by atoms with Crippen LogP contribution in [0.25, 0.3) is 0 Å². The summed E-state index contributed by atoms with van der Waals surface area (Å²) in [6.45, 7) is 1.22. The summed E-state index contributed by atoms with van der Waals surface area (Å²) in [5, 5.41) is 0. The lowest BCUT2D eigenvalue weighted by Crippen LogP contribution is -2.36. The molecular weight excluding hydrogens is 247 g/mol. The fourth-order valence-corrected chi connectivity index (χ4v) is 3.44. The molecular formula is C11H11FO4S. The van der Waals surface area contributed by atoms with Crippen molar-refractivity contribution in [1.29, 1.82) is 0 Å². The van der Waals surface area contributed by atoms with Gasteiger partial charge in [-0.3, -0.25) is 0 Å². The second-order valence-corrected chi connectivity index (χ2v) is 5.34. The summed E-state index contributed by atoms with van der Waals surface area (Å²) in [4.78, 5) is 15.7. The maximum absolute atomic E-state index is 11.8. The third-order valence-electron chi connectivity index (χ3n) is 3.17. The maximum atomic E-state index is 11.8. The number of halogens is 1. The number of carbonyl (C=O) groups is 1. The van der Waals surface area contributed by atoms with E-state index in [2.05, 4.69) is 4.94 Å². The second-order valence-electron chi connectivity index (χ2n) is 4.21. The van der Waals surface area contributed by atoms with Gasteiger partial charge in [0.1, 0.15) is 4.88 Å². The first kappa shape index (κ1) is 11.1. The summed E-state index contributed by atoms with van der Waals surface area (Å²) in [7, 11) is 0. The van der Waals surface area contributed by atoms with Crippen LogP contribution in [0.5, 0.6) is 0 Å². The first-order valence-electron chi connectivity index (χ1n) is 5.45. The molecule has 1 aliphatic heterocycles. The molecule has 3 rings (SSSR count). The van der Waals surface area contributed by atoms with E-state index in [1.165, 1.54) is 11.3 Å². The minimum Gasteiger partial charge on any atom is -0.347 e. The summed E-state index contributed by atoms with van der Waals surface area (Å²) in [6, 6.07) is 1.67. The first-order valence-corrected chi connectivity index (χ1v) is 6.26. The summed E-state index contributed by atoms with van der Waals surface area (Å²) in [5.41, 5.74) is 1.00. The minimum atomic E-state index is -0.924. The number of fused-ring (bicyclic) bond motifs is 1. The second kappa shape index (κ2) is 4.04. The van der Waals surface area contributed by atoms with Gasteiger partial charge in [-0.1, -0.05) is 0 Å². The molecule has 2 heterocycles. The Morgan fingerprint density at radius 3 is 2.94 bits per heavy atom. The van der Waals surface area contributed by atoms with Gasteiger partial charge in [-0.25, -0.2) is 9.74 Å². The zero-order chi connectivity index (χ0) is 11.9. The Labute approximate surface area is 101 Å². The monoisotopic (exact) mass is 258 g/mol. The standard InChI is InChI=1S/C11H11FO4S/c12-16-10(13)9-5-7-6-11(14-3-4-15-11)2-1-8(7)17-9/h5H,1-4,6H2. The van der Waals surface area contributed by atoms with E-state index >= 15 is 0 Å². The normalized spacial score (nSPS) is 21.5. The van der Waals surface area contributed by atoms with Gasteiger partial charge in [0.2, 0.25) is 0 Å². The summed E-state index contributed by atoms with van der Waals surface area (Å²) >= 11 is 1.28. The van der Waals surface area contributed by atoms with Gasteiger partial charge in [0.05, 0.1) is 13.2 Å². The van der Waals surface area contributed by atoms with Crippen molar-refractivity contribution in [3.63, 3.8) is 0 Å². The topological polar surface area (TPSA) is 44.8 Å². The Morgan fingerprint density at radius 1 is 1.47 bits per heavy atom. The van der Waals surface area contributed by atoms with Crippen LogP contribution in [0.1, 0.15) is 26.5 Å². The molecule has 1 spiro atoms. The van der Waals surface area contributed by atoms with Crippen molar-refractivity contribution in [1.82, 2.24) is 0 Å². The SMILES string of the molecule is O=C(OF)c1cc2c(s1)CCC1(C2)OCCO1. The van der Waals surface area contributed by atoms with Crippen LogP contribution in [0.3, 0.4) is 0 Å². The molecule has 1 aliphatic carbocycles. The molecule has 0 radical (unpaired) electrons. The highest BCUT2D eigenvalue weighted by Gasteiger charge is 2.40. The highest BCUT2D eigenvalue weighted by Crippen LogP contribution is 2.38. The number of hydrogen-bond donors (Lipinski definition) is 0. The van der Waals surface area contributed by atoms with Crippen molar-refractivity contribution < 1.29 is 23.7 Å². The van der Waals surface area contributed by atoms with Crippen LogP contribution in [0.15, 0.2) is 6.07 Å². The van der Waals surface area contributed by atoms with E-state index in [-0.39, 0.29) is 0 Å². The molecule has 1 aromatic rings. The fourth-order valence-electron chi connectivity index (χ4n) is 2.39. The van der Waals surface area contributed by atoms with Crippen molar-refractivity contribution in [3.05, 3.63) is 21.4 Å². The lowest BCUT2D eigenvalue weighted by Gasteiger charge is -2.31. The molecule has 92 valence electrons. The van der Waals surface area contributed by atoms with E-state index in [0.29, 0.717) is 24.5 Å². The molecule has 0 unspecified atom stereocenters. The van der Waals surface area contributed by atoms with E-state index in [1.54, 1.807) is 6.07 Å². The average molecular weight is 258 g/mol. The highest BCUT2D eigenvalue weighted by atomic mass is 32.1. The van der Waals surface area contributed by atoms with Crippen molar-refractivity contribution in [3.8, 4) is 0 Å². The quantitative estimate of drug-likeness (QED) is 0.773. The third kappa shape index (κ3) is 1.86. The van der Waals surface area contributed by atoms with Crippen molar-refractivity contribution in [2.75, 3.05) is 13.2 Å². The van der Waals surface area contributed by atoms with Crippen LogP contribution < -0.4 is 0 Å². The van der Waals surface area contributed by atoms with Crippen LogP contribution in [0.4, 0.5) is 4.53 Å². The van der Waals surface area contributed by atoms with Crippen LogP contribution in [-0.2, 0) is 27.3 Å². The van der Waals surface area contributed by atoms with Crippen molar-refractivity contribution in [2.24, 2.45) is 0 Å². The molecule has 0 bridgehead atoms. The molecule has 6 heteroatoms. The van der Waals surface area contributed by atoms with Crippen LogP contribution >= 0.6 is 11.3 Å². The van der Waals surface area contributed by atoms with E-state index in [0.717, 1.165) is 23.3 Å². The molecule has 17 heavy (non-hydrogen) atoms. The Kier molecular flexibility index (Phi) is 2.65. The number of thiophene rings is 1. The van der Waals surface area contributed by atoms with E-state index in [9.17, 15) is 9.32 Å². The summed E-state index contributed by atoms with van der Waals surface area (Å²) < 4.78 is 23.1. The van der Waals surface area contributed by atoms with Crippen molar-refractivity contribution >= 4 is 17.3 Å². The predicted octanol–water partition coefficient (Wildman–Crippen LogP) is 2.02. The molecule has 1 saturated heterocycles. The number of hydrogen-bond acceptors (Lipinski definition) is 5. The molecule has 1 aromatic heterocycles. The maximum Gasteiger partial charge on any atom is 0.389 e. The molecule has 4 nitrogen and oxygen atoms in total. The summed E-state index contributed by atoms with van der Waals surface area (Å²) in [5.74, 6) is -1.45. The Hall–Kier alpha value is -0.980. The first-order chi connectivity index (χ1) is 8.22. The molecule has 0 amide bonds. The Morgan fingerprint density at radius 2 is 2.24 bits per heavy atom. The zero-order valence-electron chi connectivity index (χ0n) is 9.03. The summed E-state index contributed by atoms with van der Waals surface area (Å²) in [6.07, 6.45) is 2.20. The van der Waals surface area contributed by atoms with E-state index in [4.69, 9.17) is 9.47 Å². The minimum absolute atomic E-state index is 0.299. The van der Waals surface area contributed by atoms with Gasteiger partial charge in [-0.2, -0.15) is 0 Å². The van der Waals surface area contributed by atoms with Gasteiger partial charge in [-0.15, -0.1) is 11.3 Å². The third-order valence-corrected chi connectivity index (χ3v) is 4.39. The number of aryl methyl sites for hydroxylation is 1. The lowest BCUT2D eigenvalue weighted by molar-refractivity contribution is -0.163. The Balaban J connectivity index is 1.87. The largest absolute Gasteiger partial charge is 0.389 e. The van der Waals surface area contributed by atoms with Gasteiger partial charge in [0.25, 0.3) is 0 Å².